The summed E-state index contributed by atoms with van der Waals surface area (Å²) in [5, 5.41) is 2.87. The molecule has 1 saturated heterocycles. The van der Waals surface area contributed by atoms with Crippen molar-refractivity contribution in [1.82, 2.24) is 5.32 Å². The van der Waals surface area contributed by atoms with Crippen LogP contribution >= 0.6 is 0 Å². The van der Waals surface area contributed by atoms with E-state index < -0.39 is 0 Å². The molecular formula is C12H14NO2. The van der Waals surface area contributed by atoms with Crippen LogP contribution in [0.3, 0.4) is 0 Å². The molecule has 1 unspecified atom stereocenters. The molecule has 1 aromatic carbocycles. The lowest BCUT2D eigenvalue weighted by Crippen LogP contribution is -2.30. The van der Waals surface area contributed by atoms with E-state index in [1.807, 2.05) is 25.1 Å². The van der Waals surface area contributed by atoms with E-state index >= 15 is 0 Å². The van der Waals surface area contributed by atoms with E-state index in [1.54, 1.807) is 0 Å². The van der Waals surface area contributed by atoms with Gasteiger partial charge in [-0.1, -0.05) is 6.07 Å². The van der Waals surface area contributed by atoms with Gasteiger partial charge in [-0.15, -0.1) is 0 Å². The number of hydrogen-bond donors (Lipinski definition) is 1. The molecule has 3 nitrogen and oxygen atoms in total. The Morgan fingerprint density at radius 1 is 1.67 bits per heavy atom. The first-order valence-corrected chi connectivity index (χ1v) is 5.14. The summed E-state index contributed by atoms with van der Waals surface area (Å²) < 4.78 is 5.58. The quantitative estimate of drug-likeness (QED) is 0.809. The SMILES string of the molecule is Cc1[c]ccc(OCC2CCC(=O)N2)c1. The van der Waals surface area contributed by atoms with E-state index in [0.29, 0.717) is 13.0 Å². The lowest BCUT2D eigenvalue weighted by molar-refractivity contribution is -0.119. The Morgan fingerprint density at radius 3 is 3.20 bits per heavy atom. The number of ether oxygens (including phenoxy) is 1. The molecule has 0 saturated carbocycles. The van der Waals surface area contributed by atoms with Crippen molar-refractivity contribution >= 4 is 5.91 Å². The molecule has 1 aliphatic heterocycles. The first-order chi connectivity index (χ1) is 7.24. The summed E-state index contributed by atoms with van der Waals surface area (Å²) in [5.74, 6) is 0.966. The van der Waals surface area contributed by atoms with Gasteiger partial charge in [0.25, 0.3) is 0 Å². The van der Waals surface area contributed by atoms with Crippen LogP contribution in [0.15, 0.2) is 18.2 Å². The second-order valence-electron chi connectivity index (χ2n) is 3.82. The van der Waals surface area contributed by atoms with E-state index in [0.717, 1.165) is 17.7 Å². The summed E-state index contributed by atoms with van der Waals surface area (Å²) in [4.78, 5) is 10.9. The highest BCUT2D eigenvalue weighted by atomic mass is 16.5. The highest BCUT2D eigenvalue weighted by Gasteiger charge is 2.20. The summed E-state index contributed by atoms with van der Waals surface area (Å²) in [7, 11) is 0. The lowest BCUT2D eigenvalue weighted by Gasteiger charge is -2.11. The van der Waals surface area contributed by atoms with E-state index in [2.05, 4.69) is 11.4 Å². The summed E-state index contributed by atoms with van der Waals surface area (Å²) in [6, 6.07) is 8.89. The largest absolute Gasteiger partial charge is 0.491 e. The summed E-state index contributed by atoms with van der Waals surface area (Å²) in [6.45, 7) is 2.53. The van der Waals surface area contributed by atoms with Gasteiger partial charge in [-0.2, -0.15) is 0 Å². The normalized spacial score (nSPS) is 20.1. The summed E-state index contributed by atoms with van der Waals surface area (Å²) in [5.41, 5.74) is 1.06. The molecule has 15 heavy (non-hydrogen) atoms. The molecule has 1 aromatic rings. The number of aryl methyl sites for hydroxylation is 1. The average molecular weight is 204 g/mol. The molecule has 1 amide bonds. The molecule has 79 valence electrons. The molecule has 2 rings (SSSR count). The van der Waals surface area contributed by atoms with E-state index in [4.69, 9.17) is 4.74 Å². The van der Waals surface area contributed by atoms with E-state index in [9.17, 15) is 4.79 Å². The summed E-state index contributed by atoms with van der Waals surface area (Å²) in [6.07, 6.45) is 1.49. The molecule has 0 spiro atoms. The van der Waals surface area contributed by atoms with Crippen LogP contribution in [0.1, 0.15) is 18.4 Å². The standard InChI is InChI=1S/C12H14NO2/c1-9-3-2-4-11(7-9)15-8-10-5-6-12(14)13-10/h2,4,7,10H,5-6,8H2,1H3,(H,13,14). The van der Waals surface area contributed by atoms with Crippen LogP contribution < -0.4 is 10.1 Å². The van der Waals surface area contributed by atoms with Crippen molar-refractivity contribution < 1.29 is 9.53 Å². The van der Waals surface area contributed by atoms with Gasteiger partial charge in [0.1, 0.15) is 12.4 Å². The van der Waals surface area contributed by atoms with Gasteiger partial charge in [-0.05, 0) is 37.1 Å². The highest BCUT2D eigenvalue weighted by molar-refractivity contribution is 5.78. The molecule has 1 heterocycles. The van der Waals surface area contributed by atoms with Gasteiger partial charge >= 0.3 is 0 Å². The zero-order valence-electron chi connectivity index (χ0n) is 8.75. The van der Waals surface area contributed by atoms with Crippen molar-refractivity contribution in [1.29, 1.82) is 0 Å². The highest BCUT2D eigenvalue weighted by Crippen LogP contribution is 2.14. The molecule has 1 atom stereocenters. The molecule has 3 heteroatoms. The maximum Gasteiger partial charge on any atom is 0.220 e. The van der Waals surface area contributed by atoms with Crippen LogP contribution in [0.25, 0.3) is 0 Å². The molecule has 0 bridgehead atoms. The Hall–Kier alpha value is -1.51. The Morgan fingerprint density at radius 2 is 2.53 bits per heavy atom. The molecule has 0 aromatic heterocycles. The lowest BCUT2D eigenvalue weighted by atomic mass is 10.2. The minimum atomic E-state index is 0.126. The van der Waals surface area contributed by atoms with Gasteiger partial charge in [0.15, 0.2) is 0 Å². The molecule has 1 radical (unpaired) electrons. The number of carbonyl (C=O) groups is 1. The first-order valence-electron chi connectivity index (χ1n) is 5.14. The number of benzene rings is 1. The smallest absolute Gasteiger partial charge is 0.220 e. The minimum Gasteiger partial charge on any atom is -0.491 e. The monoisotopic (exact) mass is 204 g/mol. The third-order valence-corrected chi connectivity index (χ3v) is 2.45. The molecule has 0 aliphatic carbocycles. The first kappa shape index (κ1) is 10.0. The van der Waals surface area contributed by atoms with Crippen molar-refractivity contribution in [2.75, 3.05) is 6.61 Å². The van der Waals surface area contributed by atoms with Crippen molar-refractivity contribution in [3.8, 4) is 5.75 Å². The van der Waals surface area contributed by atoms with Gasteiger partial charge in [-0.3, -0.25) is 4.79 Å². The van der Waals surface area contributed by atoms with Crippen LogP contribution in [-0.4, -0.2) is 18.6 Å². The van der Waals surface area contributed by atoms with Crippen LogP contribution in [0.5, 0.6) is 5.75 Å². The van der Waals surface area contributed by atoms with Gasteiger partial charge in [-0.25, -0.2) is 0 Å². The Balaban J connectivity index is 1.85. The fourth-order valence-corrected chi connectivity index (χ4v) is 1.65. The predicted molar refractivity (Wildman–Crippen MR) is 56.7 cm³/mol. The topological polar surface area (TPSA) is 38.3 Å². The molecular weight excluding hydrogens is 190 g/mol. The molecule has 1 fully saturated rings. The average Bonchev–Trinajstić information content (AvgIpc) is 2.62. The van der Waals surface area contributed by atoms with Crippen LogP contribution in [0.4, 0.5) is 0 Å². The fraction of sp³-hybridized carbons (Fsp3) is 0.417. The second kappa shape index (κ2) is 4.34. The van der Waals surface area contributed by atoms with Gasteiger partial charge in [0.2, 0.25) is 5.91 Å². The second-order valence-corrected chi connectivity index (χ2v) is 3.82. The number of amides is 1. The van der Waals surface area contributed by atoms with E-state index in [1.165, 1.54) is 0 Å². The Bertz CT molecular complexity index is 362. The number of hydrogen-bond acceptors (Lipinski definition) is 2. The maximum atomic E-state index is 10.9. The fourth-order valence-electron chi connectivity index (χ4n) is 1.65. The zero-order valence-corrected chi connectivity index (χ0v) is 8.75. The van der Waals surface area contributed by atoms with Gasteiger partial charge in [0, 0.05) is 6.42 Å². The van der Waals surface area contributed by atoms with Crippen molar-refractivity contribution in [3.63, 3.8) is 0 Å². The van der Waals surface area contributed by atoms with Crippen molar-refractivity contribution in [2.45, 2.75) is 25.8 Å². The van der Waals surface area contributed by atoms with Crippen molar-refractivity contribution in [3.05, 3.63) is 29.8 Å². The number of rotatable bonds is 3. The molecule has 1 aliphatic rings. The van der Waals surface area contributed by atoms with Crippen molar-refractivity contribution in [2.24, 2.45) is 0 Å². The van der Waals surface area contributed by atoms with Gasteiger partial charge < -0.3 is 10.1 Å². The van der Waals surface area contributed by atoms with E-state index in [-0.39, 0.29) is 11.9 Å². The third kappa shape index (κ3) is 2.72. The maximum absolute atomic E-state index is 10.9. The zero-order chi connectivity index (χ0) is 10.7. The van der Waals surface area contributed by atoms with Crippen LogP contribution in [-0.2, 0) is 4.79 Å². The van der Waals surface area contributed by atoms with Crippen LogP contribution in [0.2, 0.25) is 0 Å². The third-order valence-electron chi connectivity index (χ3n) is 2.45. The predicted octanol–water partition coefficient (Wildman–Crippen LogP) is 1.45. The Labute approximate surface area is 89.4 Å². The Kier molecular flexibility index (Phi) is 2.90. The van der Waals surface area contributed by atoms with Crippen LogP contribution in [0, 0.1) is 13.0 Å². The number of carbonyl (C=O) groups excluding carboxylic acids is 1. The number of nitrogens with one attached hydrogen (secondary N) is 1. The van der Waals surface area contributed by atoms with Gasteiger partial charge in [0.05, 0.1) is 6.04 Å². The molecule has 1 N–H and O–H groups in total. The minimum absolute atomic E-state index is 0.126. The summed E-state index contributed by atoms with van der Waals surface area (Å²) >= 11 is 0.